The molecule has 0 saturated carbocycles. The van der Waals surface area contributed by atoms with E-state index in [0.29, 0.717) is 0 Å². The van der Waals surface area contributed by atoms with Gasteiger partial charge in [0, 0.05) is 0 Å². The molecule has 0 spiro atoms. The van der Waals surface area contributed by atoms with E-state index in [2.05, 4.69) is 121 Å². The van der Waals surface area contributed by atoms with Crippen LogP contribution in [0.1, 0.15) is 17.2 Å². The summed E-state index contributed by atoms with van der Waals surface area (Å²) in [5.41, 5.74) is 2.38. The van der Waals surface area contributed by atoms with Gasteiger partial charge in [-0.15, -0.1) is 0 Å². The van der Waals surface area contributed by atoms with Crippen LogP contribution >= 0.6 is 0 Å². The third-order valence-corrected chi connectivity index (χ3v) is 7.21. The van der Waals surface area contributed by atoms with Crippen molar-refractivity contribution in [1.29, 1.82) is 0 Å². The van der Waals surface area contributed by atoms with E-state index in [1.165, 1.54) is 21.5 Å². The average Bonchev–Trinajstić information content (AvgIpc) is 2.77. The van der Waals surface area contributed by atoms with Crippen molar-refractivity contribution in [3.05, 3.63) is 132 Å². The zero-order chi connectivity index (χ0) is 18.3. The lowest BCUT2D eigenvalue weighted by Gasteiger charge is -2.26. The summed E-state index contributed by atoms with van der Waals surface area (Å²) in [7, 11) is -1.85. The Morgan fingerprint density at radius 2 is 0.778 bits per heavy atom. The van der Waals surface area contributed by atoms with Crippen molar-refractivity contribution in [2.24, 2.45) is 0 Å². The van der Waals surface area contributed by atoms with Gasteiger partial charge in [0.2, 0.25) is 9.04 Å². The van der Waals surface area contributed by atoms with Crippen molar-refractivity contribution in [2.75, 3.05) is 0 Å². The van der Waals surface area contributed by atoms with E-state index in [-0.39, 0.29) is 6.10 Å². The second kappa shape index (κ2) is 8.63. The third kappa shape index (κ3) is 4.25. The summed E-state index contributed by atoms with van der Waals surface area (Å²) >= 11 is 0. The van der Waals surface area contributed by atoms with Crippen LogP contribution in [0.4, 0.5) is 0 Å². The molecule has 0 unspecified atom stereocenters. The molecule has 132 valence electrons. The van der Waals surface area contributed by atoms with Crippen LogP contribution in [-0.2, 0) is 4.43 Å². The Morgan fingerprint density at radius 1 is 0.444 bits per heavy atom. The summed E-state index contributed by atoms with van der Waals surface area (Å²) in [5, 5.41) is 2.58. The molecule has 4 aromatic rings. The fourth-order valence-corrected chi connectivity index (χ4v) is 5.78. The second-order valence-electron chi connectivity index (χ2n) is 6.54. The van der Waals surface area contributed by atoms with Crippen molar-refractivity contribution in [2.45, 2.75) is 6.10 Å². The zero-order valence-corrected chi connectivity index (χ0v) is 16.3. The van der Waals surface area contributed by atoms with Crippen LogP contribution in [0.5, 0.6) is 0 Å². The van der Waals surface area contributed by atoms with Crippen molar-refractivity contribution in [3.8, 4) is 0 Å². The van der Waals surface area contributed by atoms with E-state index in [1.807, 2.05) is 0 Å². The first-order valence-electron chi connectivity index (χ1n) is 9.27. The Morgan fingerprint density at radius 3 is 1.15 bits per heavy atom. The van der Waals surface area contributed by atoms with Crippen molar-refractivity contribution in [1.82, 2.24) is 0 Å². The summed E-state index contributed by atoms with van der Waals surface area (Å²) in [6.07, 6.45) is -0.0792. The maximum Gasteiger partial charge on any atom is 0.241 e. The first-order valence-corrected chi connectivity index (χ1v) is 10.9. The lowest BCUT2D eigenvalue weighted by atomic mass is 10.0. The Labute approximate surface area is 162 Å². The summed E-state index contributed by atoms with van der Waals surface area (Å²) < 4.78 is 6.93. The highest BCUT2D eigenvalue weighted by atomic mass is 28.3. The maximum absolute atomic E-state index is 6.93. The molecule has 1 nitrogen and oxygen atoms in total. The van der Waals surface area contributed by atoms with E-state index < -0.39 is 9.04 Å². The molecular formula is C25H22OSi. The van der Waals surface area contributed by atoms with Gasteiger partial charge in [-0.1, -0.05) is 121 Å². The molecule has 0 atom stereocenters. The normalized spacial score (nSPS) is 11.0. The van der Waals surface area contributed by atoms with Crippen molar-refractivity contribution >= 4 is 19.4 Å². The van der Waals surface area contributed by atoms with Crippen LogP contribution in [0, 0.1) is 0 Å². The largest absolute Gasteiger partial charge is 0.400 e. The van der Waals surface area contributed by atoms with Gasteiger partial charge in [0.15, 0.2) is 0 Å². The van der Waals surface area contributed by atoms with Gasteiger partial charge < -0.3 is 4.43 Å². The molecule has 0 radical (unpaired) electrons. The van der Waals surface area contributed by atoms with Gasteiger partial charge in [0.05, 0.1) is 6.10 Å². The molecule has 4 rings (SSSR count). The Bertz CT molecular complexity index is 780. The van der Waals surface area contributed by atoms with Gasteiger partial charge in [0.25, 0.3) is 0 Å². The maximum atomic E-state index is 6.93. The van der Waals surface area contributed by atoms with E-state index >= 15 is 0 Å². The second-order valence-corrected chi connectivity index (χ2v) is 8.90. The quantitative estimate of drug-likeness (QED) is 0.462. The average molecular weight is 367 g/mol. The number of hydrogen-bond acceptors (Lipinski definition) is 1. The number of benzene rings is 4. The molecule has 0 N–H and O–H groups in total. The van der Waals surface area contributed by atoms with E-state index in [9.17, 15) is 0 Å². The highest BCUT2D eigenvalue weighted by molar-refractivity contribution is 6.80. The molecule has 0 aliphatic rings. The van der Waals surface area contributed by atoms with Crippen LogP contribution in [0.3, 0.4) is 0 Å². The third-order valence-electron chi connectivity index (χ3n) is 4.68. The van der Waals surface area contributed by atoms with Crippen LogP contribution in [0.25, 0.3) is 0 Å². The standard InChI is InChI=1S/C25H22OSi/c1-5-13-21(14-6-1)25(22-15-7-2-8-16-22)26-27(23-17-9-3-10-18-23)24-19-11-4-12-20-24/h1-20,25,27H. The number of rotatable bonds is 6. The van der Waals surface area contributed by atoms with Gasteiger partial charge >= 0.3 is 0 Å². The Balaban J connectivity index is 1.77. The molecule has 0 aliphatic heterocycles. The van der Waals surface area contributed by atoms with E-state index in [1.54, 1.807) is 0 Å². The fraction of sp³-hybridized carbons (Fsp3) is 0.0400. The summed E-state index contributed by atoms with van der Waals surface area (Å²) in [4.78, 5) is 0. The van der Waals surface area contributed by atoms with Crippen molar-refractivity contribution < 1.29 is 4.43 Å². The topological polar surface area (TPSA) is 9.23 Å². The lowest BCUT2D eigenvalue weighted by Crippen LogP contribution is -2.45. The van der Waals surface area contributed by atoms with Crippen molar-refractivity contribution in [3.63, 3.8) is 0 Å². The minimum atomic E-state index is -1.85. The monoisotopic (exact) mass is 366 g/mol. The van der Waals surface area contributed by atoms with Crippen LogP contribution in [0.2, 0.25) is 0 Å². The highest BCUT2D eigenvalue weighted by Crippen LogP contribution is 2.26. The van der Waals surface area contributed by atoms with Gasteiger partial charge in [-0.25, -0.2) is 0 Å². The predicted molar refractivity (Wildman–Crippen MR) is 115 cm³/mol. The highest BCUT2D eigenvalue weighted by Gasteiger charge is 2.24. The van der Waals surface area contributed by atoms with Gasteiger partial charge in [-0.3, -0.25) is 0 Å². The molecule has 0 amide bonds. The number of hydrogen-bond donors (Lipinski definition) is 0. The molecule has 27 heavy (non-hydrogen) atoms. The van der Waals surface area contributed by atoms with Crippen LogP contribution < -0.4 is 10.4 Å². The molecular weight excluding hydrogens is 344 g/mol. The molecule has 0 fully saturated rings. The van der Waals surface area contributed by atoms with Gasteiger partial charge in [0.1, 0.15) is 0 Å². The first kappa shape index (κ1) is 17.5. The Kier molecular flexibility index (Phi) is 5.58. The van der Waals surface area contributed by atoms with Gasteiger partial charge in [-0.05, 0) is 21.5 Å². The molecule has 2 heteroatoms. The molecule has 0 saturated heterocycles. The molecule has 4 aromatic carbocycles. The summed E-state index contributed by atoms with van der Waals surface area (Å²) in [6, 6.07) is 42.3. The predicted octanol–water partition coefficient (Wildman–Crippen LogP) is 4.33. The first-order chi connectivity index (χ1) is 13.4. The fourth-order valence-electron chi connectivity index (χ4n) is 3.35. The molecule has 0 bridgehead atoms. The minimum Gasteiger partial charge on any atom is -0.400 e. The summed E-state index contributed by atoms with van der Waals surface area (Å²) in [5.74, 6) is 0. The minimum absolute atomic E-state index is 0.0792. The summed E-state index contributed by atoms with van der Waals surface area (Å²) in [6.45, 7) is 0. The molecule has 0 aromatic heterocycles. The van der Waals surface area contributed by atoms with E-state index in [4.69, 9.17) is 4.43 Å². The molecule has 0 heterocycles. The van der Waals surface area contributed by atoms with Crippen LogP contribution in [-0.4, -0.2) is 9.04 Å². The molecule has 0 aliphatic carbocycles. The van der Waals surface area contributed by atoms with Crippen LogP contribution in [0.15, 0.2) is 121 Å². The zero-order valence-electron chi connectivity index (χ0n) is 15.1. The SMILES string of the molecule is c1ccc(C(O[SiH](c2ccccc2)c2ccccc2)c2ccccc2)cc1. The Hall–Kier alpha value is -2.94. The van der Waals surface area contributed by atoms with E-state index in [0.717, 1.165) is 0 Å². The lowest BCUT2D eigenvalue weighted by molar-refractivity contribution is 0.258. The smallest absolute Gasteiger partial charge is 0.241 e. The van der Waals surface area contributed by atoms with Gasteiger partial charge in [-0.2, -0.15) is 0 Å².